The maximum absolute atomic E-state index is 12.7. The fourth-order valence-electron chi connectivity index (χ4n) is 4.21. The molecule has 1 N–H and O–H groups in total. The average Bonchev–Trinajstić information content (AvgIpc) is 3.20. The summed E-state index contributed by atoms with van der Waals surface area (Å²) in [5.41, 5.74) is 3.25. The number of carbonyl (C=O) groups excluding carboxylic acids is 2. The van der Waals surface area contributed by atoms with Gasteiger partial charge in [-0.15, -0.1) is 0 Å². The molecule has 0 saturated carbocycles. The second-order valence-electron chi connectivity index (χ2n) is 8.83. The number of hydrogen-bond donors (Lipinski definition) is 1. The Morgan fingerprint density at radius 1 is 1.12 bits per heavy atom. The fraction of sp³-hybridized carbons (Fsp3) is 0.462. The van der Waals surface area contributed by atoms with E-state index in [9.17, 15) is 9.59 Å². The second kappa shape index (κ2) is 11.3. The van der Waals surface area contributed by atoms with Crippen LogP contribution in [0.5, 0.6) is 5.75 Å². The third-order valence-electron chi connectivity index (χ3n) is 6.22. The monoisotopic (exact) mass is 451 g/mol. The van der Waals surface area contributed by atoms with Crippen molar-refractivity contribution in [1.82, 2.24) is 15.1 Å². The summed E-state index contributed by atoms with van der Waals surface area (Å²) in [4.78, 5) is 29.2. The summed E-state index contributed by atoms with van der Waals surface area (Å²) >= 11 is 0. The molecule has 0 bridgehead atoms. The molecule has 0 aliphatic carbocycles. The first-order chi connectivity index (χ1) is 16.1. The number of morpholine rings is 1. The molecule has 0 aromatic heterocycles. The fourth-order valence-corrected chi connectivity index (χ4v) is 4.21. The number of aryl methyl sites for hydroxylation is 1. The van der Waals surface area contributed by atoms with Gasteiger partial charge >= 0.3 is 0 Å². The number of amides is 2. The molecule has 2 amide bonds. The molecule has 0 spiro atoms. The van der Waals surface area contributed by atoms with Crippen molar-refractivity contribution in [3.8, 4) is 5.75 Å². The number of rotatable bonds is 9. The third kappa shape index (κ3) is 6.79. The van der Waals surface area contributed by atoms with E-state index < -0.39 is 0 Å². The molecule has 0 radical (unpaired) electrons. The van der Waals surface area contributed by atoms with Crippen LogP contribution in [0, 0.1) is 12.8 Å². The van der Waals surface area contributed by atoms with Crippen LogP contribution in [0.1, 0.15) is 23.1 Å². The van der Waals surface area contributed by atoms with Crippen LogP contribution in [-0.4, -0.2) is 67.6 Å². The predicted octanol–water partition coefficient (Wildman–Crippen LogP) is 2.37. The highest BCUT2D eigenvalue weighted by Gasteiger charge is 2.34. The molecule has 2 aliphatic heterocycles. The van der Waals surface area contributed by atoms with Gasteiger partial charge in [-0.2, -0.15) is 0 Å². The van der Waals surface area contributed by atoms with Gasteiger partial charge in [-0.3, -0.25) is 14.5 Å². The van der Waals surface area contributed by atoms with Crippen molar-refractivity contribution in [1.29, 1.82) is 0 Å². The lowest BCUT2D eigenvalue weighted by atomic mass is 10.1. The predicted molar refractivity (Wildman–Crippen MR) is 126 cm³/mol. The van der Waals surface area contributed by atoms with Gasteiger partial charge in [0.15, 0.2) is 0 Å². The molecule has 1 unspecified atom stereocenters. The number of benzene rings is 2. The first-order valence-electron chi connectivity index (χ1n) is 11.7. The minimum atomic E-state index is -0.309. The molecule has 2 aromatic carbocycles. The van der Waals surface area contributed by atoms with Crippen molar-refractivity contribution >= 4 is 11.8 Å². The highest BCUT2D eigenvalue weighted by molar-refractivity contribution is 5.89. The zero-order valence-corrected chi connectivity index (χ0v) is 19.3. The molecule has 7 nitrogen and oxygen atoms in total. The van der Waals surface area contributed by atoms with E-state index in [0.29, 0.717) is 26.2 Å². The van der Waals surface area contributed by atoms with Crippen molar-refractivity contribution < 1.29 is 19.1 Å². The van der Waals surface area contributed by atoms with Gasteiger partial charge < -0.3 is 19.7 Å². The minimum Gasteiger partial charge on any atom is -0.492 e. The molecule has 2 heterocycles. The van der Waals surface area contributed by atoms with E-state index in [0.717, 1.165) is 49.7 Å². The smallest absolute Gasteiger partial charge is 0.225 e. The van der Waals surface area contributed by atoms with Crippen LogP contribution >= 0.6 is 0 Å². The van der Waals surface area contributed by atoms with E-state index in [2.05, 4.69) is 10.2 Å². The molecule has 1 atom stereocenters. The summed E-state index contributed by atoms with van der Waals surface area (Å²) in [6, 6.07) is 16.0. The second-order valence-corrected chi connectivity index (χ2v) is 8.83. The quantitative estimate of drug-likeness (QED) is 0.634. The zero-order valence-electron chi connectivity index (χ0n) is 19.3. The van der Waals surface area contributed by atoms with Crippen LogP contribution < -0.4 is 10.1 Å². The number of nitrogens with zero attached hydrogens (tertiary/aromatic N) is 2. The Morgan fingerprint density at radius 3 is 2.70 bits per heavy atom. The highest BCUT2D eigenvalue weighted by Crippen LogP contribution is 2.21. The molecule has 2 fully saturated rings. The molecule has 2 aromatic rings. The Kier molecular flexibility index (Phi) is 7.96. The lowest BCUT2D eigenvalue weighted by molar-refractivity contribution is -0.129. The van der Waals surface area contributed by atoms with Gasteiger partial charge in [-0.1, -0.05) is 42.0 Å². The molecular formula is C26H33N3O4. The van der Waals surface area contributed by atoms with Crippen molar-refractivity contribution in [2.24, 2.45) is 5.92 Å². The lowest BCUT2D eigenvalue weighted by Crippen LogP contribution is -2.38. The standard InChI is InChI=1S/C26H33N3O4/c1-20-5-7-21(8-6-20)18-29-19-23(16-25(29)30)26(31)27-17-22-3-2-4-24(15-22)33-14-11-28-9-12-32-13-10-28/h2-8,15,23H,9-14,16-19H2,1H3,(H,27,31). The van der Waals surface area contributed by atoms with Gasteiger partial charge in [0.1, 0.15) is 12.4 Å². The number of hydrogen-bond acceptors (Lipinski definition) is 5. The number of nitrogens with one attached hydrogen (secondary N) is 1. The van der Waals surface area contributed by atoms with Gasteiger partial charge in [-0.25, -0.2) is 0 Å². The minimum absolute atomic E-state index is 0.0337. The maximum Gasteiger partial charge on any atom is 0.225 e. The van der Waals surface area contributed by atoms with E-state index in [-0.39, 0.29) is 24.2 Å². The Bertz CT molecular complexity index is 941. The summed E-state index contributed by atoms with van der Waals surface area (Å²) in [6.07, 6.45) is 0.266. The van der Waals surface area contributed by atoms with Gasteiger partial charge in [0.25, 0.3) is 0 Å². The van der Waals surface area contributed by atoms with Crippen LogP contribution in [0.2, 0.25) is 0 Å². The molecular weight excluding hydrogens is 418 g/mol. The molecule has 2 aliphatic rings. The van der Waals surface area contributed by atoms with Crippen LogP contribution in [-0.2, 0) is 27.4 Å². The summed E-state index contributed by atoms with van der Waals surface area (Å²) in [7, 11) is 0. The number of ether oxygens (including phenoxy) is 2. The lowest BCUT2D eigenvalue weighted by Gasteiger charge is -2.26. The molecule has 4 rings (SSSR count). The number of carbonyl (C=O) groups is 2. The van der Waals surface area contributed by atoms with Crippen molar-refractivity contribution in [2.45, 2.75) is 26.4 Å². The van der Waals surface area contributed by atoms with E-state index >= 15 is 0 Å². The van der Waals surface area contributed by atoms with E-state index in [1.807, 2.05) is 55.5 Å². The summed E-state index contributed by atoms with van der Waals surface area (Å²) in [5, 5.41) is 2.99. The number of likely N-dealkylation sites (tertiary alicyclic amines) is 1. The van der Waals surface area contributed by atoms with Crippen LogP contribution in [0.4, 0.5) is 0 Å². The largest absolute Gasteiger partial charge is 0.492 e. The van der Waals surface area contributed by atoms with E-state index in [1.165, 1.54) is 5.56 Å². The Morgan fingerprint density at radius 2 is 1.91 bits per heavy atom. The Hall–Kier alpha value is -2.90. The molecule has 176 valence electrons. The SMILES string of the molecule is Cc1ccc(CN2CC(C(=O)NCc3cccc(OCCN4CCOCC4)c3)CC2=O)cc1. The van der Waals surface area contributed by atoms with Crippen LogP contribution in [0.3, 0.4) is 0 Å². The zero-order chi connectivity index (χ0) is 23.0. The van der Waals surface area contributed by atoms with Gasteiger partial charge in [0.05, 0.1) is 19.1 Å². The summed E-state index contributed by atoms with van der Waals surface area (Å²) < 4.78 is 11.3. The molecule has 33 heavy (non-hydrogen) atoms. The molecule has 7 heteroatoms. The maximum atomic E-state index is 12.7. The van der Waals surface area contributed by atoms with Gasteiger partial charge in [0, 0.05) is 45.7 Å². The summed E-state index contributed by atoms with van der Waals surface area (Å²) in [5.74, 6) is 0.450. The first-order valence-corrected chi connectivity index (χ1v) is 11.7. The van der Waals surface area contributed by atoms with Crippen molar-refractivity contribution in [2.75, 3.05) is 46.0 Å². The van der Waals surface area contributed by atoms with Crippen molar-refractivity contribution in [3.63, 3.8) is 0 Å². The van der Waals surface area contributed by atoms with Gasteiger partial charge in [-0.05, 0) is 30.2 Å². The van der Waals surface area contributed by atoms with Crippen LogP contribution in [0.15, 0.2) is 48.5 Å². The highest BCUT2D eigenvalue weighted by atomic mass is 16.5. The molecule has 2 saturated heterocycles. The first kappa shape index (κ1) is 23.3. The third-order valence-corrected chi connectivity index (χ3v) is 6.22. The topological polar surface area (TPSA) is 71.1 Å². The van der Waals surface area contributed by atoms with E-state index in [4.69, 9.17) is 9.47 Å². The van der Waals surface area contributed by atoms with Gasteiger partial charge in [0.2, 0.25) is 11.8 Å². The van der Waals surface area contributed by atoms with Crippen molar-refractivity contribution in [3.05, 3.63) is 65.2 Å². The van der Waals surface area contributed by atoms with Crippen LogP contribution in [0.25, 0.3) is 0 Å². The normalized spacial score (nSPS) is 19.0. The Labute approximate surface area is 195 Å². The Balaban J connectivity index is 1.21. The summed E-state index contributed by atoms with van der Waals surface area (Å²) in [6.45, 7) is 8.42. The van der Waals surface area contributed by atoms with E-state index in [1.54, 1.807) is 4.90 Å². The average molecular weight is 452 g/mol.